The Kier molecular flexibility index (Phi) is 2.99. The van der Waals surface area contributed by atoms with Gasteiger partial charge in [-0.1, -0.05) is 0 Å². The molecule has 0 saturated carbocycles. The van der Waals surface area contributed by atoms with Crippen LogP contribution in [-0.2, 0) is 11.2 Å². The molecule has 82 valence electrons. The highest BCUT2D eigenvalue weighted by atomic mass is 79.9. The van der Waals surface area contributed by atoms with E-state index in [1.807, 2.05) is 6.07 Å². The molecule has 1 aromatic rings. The molecule has 0 aromatic carbocycles. The van der Waals surface area contributed by atoms with Gasteiger partial charge in [0.25, 0.3) is 0 Å². The molecule has 6 heteroatoms. The van der Waals surface area contributed by atoms with E-state index in [4.69, 9.17) is 9.84 Å². The molecule has 0 saturated heterocycles. The molecule has 2 rings (SSSR count). The van der Waals surface area contributed by atoms with Crippen LogP contribution in [0.5, 0.6) is 0 Å². The summed E-state index contributed by atoms with van der Waals surface area (Å²) in [6.07, 6.45) is -0.584. The highest BCUT2D eigenvalue weighted by Crippen LogP contribution is 2.37. The fourth-order valence-electron chi connectivity index (χ4n) is 1.59. The average molecular weight is 292 g/mol. The number of hydrogen-bond acceptors (Lipinski definition) is 3. The Morgan fingerprint density at radius 1 is 1.80 bits per heavy atom. The molecule has 0 bridgehead atoms. The van der Waals surface area contributed by atoms with Crippen molar-refractivity contribution in [2.45, 2.75) is 12.6 Å². The van der Waals surface area contributed by atoms with Gasteiger partial charge in [0.05, 0.1) is 10.4 Å². The van der Waals surface area contributed by atoms with Crippen LogP contribution in [0.1, 0.15) is 16.7 Å². The summed E-state index contributed by atoms with van der Waals surface area (Å²) in [5, 5.41) is 8.90. The van der Waals surface area contributed by atoms with Crippen molar-refractivity contribution >= 4 is 33.4 Å². The molecular weight excluding hydrogens is 282 g/mol. The van der Waals surface area contributed by atoms with E-state index < -0.39 is 12.3 Å². The van der Waals surface area contributed by atoms with Crippen LogP contribution >= 0.6 is 27.3 Å². The molecule has 1 atom stereocenters. The second-order valence-electron chi connectivity index (χ2n) is 3.30. The van der Waals surface area contributed by atoms with Crippen molar-refractivity contribution in [2.24, 2.45) is 0 Å². The second-order valence-corrected chi connectivity index (χ2v) is 5.81. The number of halogens is 1. The monoisotopic (exact) mass is 291 g/mol. The van der Waals surface area contributed by atoms with Crippen molar-refractivity contribution in [3.05, 3.63) is 20.3 Å². The van der Waals surface area contributed by atoms with Gasteiger partial charge in [0.2, 0.25) is 0 Å². The maximum atomic E-state index is 10.9. The normalized spacial score (nSPS) is 19.7. The number of thiophene rings is 1. The quantitative estimate of drug-likeness (QED) is 0.865. The predicted octanol–water partition coefficient (Wildman–Crippen LogP) is 2.69. The lowest BCUT2D eigenvalue weighted by Gasteiger charge is -2.29. The number of nitrogens with zero attached hydrogens (tertiary/aromatic N) is 1. The fraction of sp³-hybridized carbons (Fsp3) is 0.444. The van der Waals surface area contributed by atoms with Crippen LogP contribution in [-0.4, -0.2) is 29.8 Å². The lowest BCUT2D eigenvalue weighted by molar-refractivity contribution is -0.0465. The summed E-state index contributed by atoms with van der Waals surface area (Å²) in [6.45, 7) is 0.572. The van der Waals surface area contributed by atoms with E-state index in [0.29, 0.717) is 6.61 Å². The molecule has 0 fully saturated rings. The standard InChI is InChI=1S/C9H10BrNO3S/c1-11(9(12)13)8-5-4-7(10)15-6(5)2-3-14-8/h4,8H,2-3H2,1H3,(H,12,13). The summed E-state index contributed by atoms with van der Waals surface area (Å²) in [7, 11) is 1.52. The number of fused-ring (bicyclic) bond motifs is 1. The van der Waals surface area contributed by atoms with E-state index in [1.54, 1.807) is 11.3 Å². The minimum absolute atomic E-state index is 0.464. The van der Waals surface area contributed by atoms with Crippen molar-refractivity contribution in [2.75, 3.05) is 13.7 Å². The molecule has 4 nitrogen and oxygen atoms in total. The summed E-state index contributed by atoms with van der Waals surface area (Å²) >= 11 is 5.04. The minimum atomic E-state index is -0.977. The number of amides is 1. The van der Waals surface area contributed by atoms with Crippen LogP contribution in [0.2, 0.25) is 0 Å². The largest absolute Gasteiger partial charge is 0.465 e. The molecule has 1 amide bonds. The van der Waals surface area contributed by atoms with Gasteiger partial charge in [0.15, 0.2) is 6.23 Å². The summed E-state index contributed by atoms with van der Waals surface area (Å²) in [5.74, 6) is 0. The van der Waals surface area contributed by atoms with Gasteiger partial charge in [0, 0.05) is 23.9 Å². The Morgan fingerprint density at radius 3 is 3.20 bits per heavy atom. The summed E-state index contributed by atoms with van der Waals surface area (Å²) in [6, 6.07) is 1.93. The number of carbonyl (C=O) groups is 1. The third-order valence-electron chi connectivity index (χ3n) is 2.34. The van der Waals surface area contributed by atoms with Crippen molar-refractivity contribution < 1.29 is 14.6 Å². The van der Waals surface area contributed by atoms with Crippen LogP contribution in [0.4, 0.5) is 4.79 Å². The molecule has 1 aliphatic heterocycles. The first-order valence-corrected chi connectivity index (χ1v) is 6.06. The maximum absolute atomic E-state index is 10.9. The first kappa shape index (κ1) is 10.9. The van der Waals surface area contributed by atoms with Crippen molar-refractivity contribution in [3.63, 3.8) is 0 Å². The van der Waals surface area contributed by atoms with Crippen LogP contribution in [0, 0.1) is 0 Å². The molecule has 0 radical (unpaired) electrons. The molecule has 0 spiro atoms. The number of rotatable bonds is 1. The van der Waals surface area contributed by atoms with Crippen molar-refractivity contribution in [3.8, 4) is 0 Å². The third kappa shape index (κ3) is 2.02. The second kappa shape index (κ2) is 4.11. The van der Waals surface area contributed by atoms with Gasteiger partial charge in [-0.25, -0.2) is 4.79 Å². The van der Waals surface area contributed by atoms with Gasteiger partial charge in [-0.3, -0.25) is 4.90 Å². The zero-order valence-corrected chi connectivity index (χ0v) is 10.5. The molecule has 2 heterocycles. The molecular formula is C9H10BrNO3S. The minimum Gasteiger partial charge on any atom is -0.465 e. The van der Waals surface area contributed by atoms with Gasteiger partial charge >= 0.3 is 6.09 Å². The Labute approximate surface area is 99.6 Å². The summed E-state index contributed by atoms with van der Waals surface area (Å²) in [4.78, 5) is 13.2. The van der Waals surface area contributed by atoms with Gasteiger partial charge in [0.1, 0.15) is 0 Å². The lowest BCUT2D eigenvalue weighted by atomic mass is 10.1. The summed E-state index contributed by atoms with van der Waals surface area (Å²) in [5.41, 5.74) is 0.961. The Hall–Kier alpha value is -0.590. The van der Waals surface area contributed by atoms with Crippen molar-refractivity contribution in [1.82, 2.24) is 4.90 Å². The van der Waals surface area contributed by atoms with E-state index in [0.717, 1.165) is 15.8 Å². The Balaban J connectivity index is 2.33. The van der Waals surface area contributed by atoms with Crippen LogP contribution < -0.4 is 0 Å². The highest BCUT2D eigenvalue weighted by Gasteiger charge is 2.29. The Bertz CT molecular complexity index is 393. The van der Waals surface area contributed by atoms with Gasteiger partial charge in [-0.15, -0.1) is 11.3 Å². The van der Waals surface area contributed by atoms with E-state index >= 15 is 0 Å². The van der Waals surface area contributed by atoms with Crippen LogP contribution in [0.3, 0.4) is 0 Å². The predicted molar refractivity (Wildman–Crippen MR) is 60.2 cm³/mol. The zero-order chi connectivity index (χ0) is 11.0. The SMILES string of the molecule is CN(C(=O)O)C1OCCc2sc(Br)cc21. The smallest absolute Gasteiger partial charge is 0.409 e. The van der Waals surface area contributed by atoms with E-state index in [1.165, 1.54) is 16.8 Å². The van der Waals surface area contributed by atoms with E-state index in [-0.39, 0.29) is 0 Å². The molecule has 1 aromatic heterocycles. The van der Waals surface area contributed by atoms with Crippen molar-refractivity contribution in [1.29, 1.82) is 0 Å². The van der Waals surface area contributed by atoms with E-state index in [2.05, 4.69) is 15.9 Å². The van der Waals surface area contributed by atoms with Gasteiger partial charge < -0.3 is 9.84 Å². The average Bonchev–Trinajstić information content (AvgIpc) is 2.56. The number of hydrogen-bond donors (Lipinski definition) is 1. The lowest BCUT2D eigenvalue weighted by Crippen LogP contribution is -2.34. The van der Waals surface area contributed by atoms with Crippen LogP contribution in [0.25, 0.3) is 0 Å². The molecule has 1 N–H and O–H groups in total. The first-order valence-electron chi connectivity index (χ1n) is 4.45. The number of carboxylic acid groups (broad SMARTS) is 1. The maximum Gasteiger partial charge on any atom is 0.409 e. The first-order chi connectivity index (χ1) is 7.09. The fourth-order valence-corrected chi connectivity index (χ4v) is 3.30. The molecule has 0 aliphatic carbocycles. The van der Waals surface area contributed by atoms with Crippen LogP contribution in [0.15, 0.2) is 9.85 Å². The number of ether oxygens (including phenoxy) is 1. The Morgan fingerprint density at radius 2 is 2.53 bits per heavy atom. The van der Waals surface area contributed by atoms with Gasteiger partial charge in [-0.05, 0) is 22.0 Å². The topological polar surface area (TPSA) is 49.8 Å². The summed E-state index contributed by atoms with van der Waals surface area (Å²) < 4.78 is 6.49. The van der Waals surface area contributed by atoms with Gasteiger partial charge in [-0.2, -0.15) is 0 Å². The highest BCUT2D eigenvalue weighted by molar-refractivity contribution is 9.11. The molecule has 1 unspecified atom stereocenters. The zero-order valence-electron chi connectivity index (χ0n) is 8.07. The third-order valence-corrected chi connectivity index (χ3v) is 4.05. The van der Waals surface area contributed by atoms with E-state index in [9.17, 15) is 4.79 Å². The molecule has 15 heavy (non-hydrogen) atoms. The molecule has 1 aliphatic rings.